The van der Waals surface area contributed by atoms with E-state index in [4.69, 9.17) is 0 Å². The van der Waals surface area contributed by atoms with Crippen molar-refractivity contribution in [2.75, 3.05) is 0 Å². The quantitative estimate of drug-likeness (QED) is 0.768. The molecule has 0 aromatic rings. The van der Waals surface area contributed by atoms with Gasteiger partial charge in [-0.25, -0.2) is 0 Å². The van der Waals surface area contributed by atoms with Gasteiger partial charge in [-0.3, -0.25) is 4.79 Å². The van der Waals surface area contributed by atoms with Gasteiger partial charge in [0.25, 0.3) is 0 Å². The maximum Gasteiger partial charge on any atom is 0.141 e. The molecule has 98 valence electrons. The molecule has 1 N–H and O–H groups in total. The van der Waals surface area contributed by atoms with E-state index in [0.717, 1.165) is 0 Å². The average Bonchev–Trinajstić information content (AvgIpc) is 2.27. The van der Waals surface area contributed by atoms with Crippen LogP contribution in [0.1, 0.15) is 34.6 Å². The number of Topliss-reactive ketones (excluding diaryl/α,β-unsaturated/α-hetero) is 1. The first kappa shape index (κ1) is 14.4. The lowest BCUT2D eigenvalue weighted by molar-refractivity contribution is -0.142. The van der Waals surface area contributed by atoms with Gasteiger partial charge in [0.2, 0.25) is 0 Å². The Morgan fingerprint density at radius 2 is 1.76 bits per heavy atom. The van der Waals surface area contributed by atoms with Crippen LogP contribution in [0.3, 0.4) is 0 Å². The van der Waals surface area contributed by atoms with Crippen molar-refractivity contribution in [3.05, 3.63) is 12.7 Å². The number of hydrogen-bond donors (Lipinski definition) is 1. The van der Waals surface area contributed by atoms with Crippen molar-refractivity contribution >= 4 is 5.78 Å². The topological polar surface area (TPSA) is 37.3 Å². The van der Waals surface area contributed by atoms with Gasteiger partial charge in [0.05, 0.1) is 6.10 Å². The molecular weight excluding hydrogens is 212 g/mol. The van der Waals surface area contributed by atoms with Gasteiger partial charge in [-0.2, -0.15) is 0 Å². The smallest absolute Gasteiger partial charge is 0.141 e. The maximum atomic E-state index is 12.4. The molecule has 0 saturated heterocycles. The highest BCUT2D eigenvalue weighted by Gasteiger charge is 2.46. The van der Waals surface area contributed by atoms with E-state index in [-0.39, 0.29) is 29.5 Å². The minimum Gasteiger partial charge on any atom is -0.392 e. The summed E-state index contributed by atoms with van der Waals surface area (Å²) in [6.45, 7) is 14.0. The Bertz CT molecular complexity index is 295. The van der Waals surface area contributed by atoms with E-state index in [1.807, 2.05) is 26.8 Å². The summed E-state index contributed by atoms with van der Waals surface area (Å²) in [7, 11) is 0. The summed E-state index contributed by atoms with van der Waals surface area (Å²) >= 11 is 0. The van der Waals surface area contributed by atoms with Gasteiger partial charge in [-0.1, -0.05) is 40.7 Å². The van der Waals surface area contributed by atoms with Gasteiger partial charge < -0.3 is 5.11 Å². The summed E-state index contributed by atoms with van der Waals surface area (Å²) in [4.78, 5) is 12.4. The van der Waals surface area contributed by atoms with E-state index in [1.54, 1.807) is 0 Å². The maximum absolute atomic E-state index is 12.4. The minimum atomic E-state index is -0.533. The molecule has 17 heavy (non-hydrogen) atoms. The zero-order valence-electron chi connectivity index (χ0n) is 11.7. The molecule has 0 heterocycles. The van der Waals surface area contributed by atoms with Crippen molar-refractivity contribution in [1.82, 2.24) is 0 Å². The highest BCUT2D eigenvalue weighted by molar-refractivity contribution is 5.85. The van der Waals surface area contributed by atoms with E-state index in [9.17, 15) is 9.90 Å². The second kappa shape index (κ2) is 5.34. The molecule has 0 aromatic heterocycles. The van der Waals surface area contributed by atoms with Crippen molar-refractivity contribution in [2.24, 2.45) is 35.5 Å². The summed E-state index contributed by atoms with van der Waals surface area (Å²) in [6.07, 6.45) is 1.42. The molecule has 1 fully saturated rings. The van der Waals surface area contributed by atoms with Gasteiger partial charge in [0, 0.05) is 11.8 Å². The van der Waals surface area contributed by atoms with Gasteiger partial charge in [-0.05, 0) is 23.7 Å². The second-order valence-corrected chi connectivity index (χ2v) is 5.98. The van der Waals surface area contributed by atoms with Crippen molar-refractivity contribution in [2.45, 2.75) is 40.7 Å². The Hall–Kier alpha value is -0.630. The van der Waals surface area contributed by atoms with E-state index in [2.05, 4.69) is 20.4 Å². The summed E-state index contributed by atoms with van der Waals surface area (Å²) in [5.41, 5.74) is 0. The van der Waals surface area contributed by atoms with Crippen LogP contribution in [0.25, 0.3) is 0 Å². The van der Waals surface area contributed by atoms with E-state index in [0.29, 0.717) is 11.8 Å². The predicted octanol–water partition coefficient (Wildman–Crippen LogP) is 2.91. The van der Waals surface area contributed by atoms with Crippen LogP contribution in [0.4, 0.5) is 0 Å². The number of aliphatic hydroxyl groups is 1. The SMILES string of the molecule is C=C[C@@H]1[C@@H](C)[C@H](C)C(=O)C([C@H](O)C(C)C)[C@@H]1C. The Balaban J connectivity index is 3.03. The summed E-state index contributed by atoms with van der Waals surface area (Å²) < 4.78 is 0. The molecule has 0 amide bonds. The molecule has 0 spiro atoms. The normalized spacial score (nSPS) is 40.4. The lowest BCUT2D eigenvalue weighted by atomic mass is 9.60. The fourth-order valence-corrected chi connectivity index (χ4v) is 3.20. The van der Waals surface area contributed by atoms with Crippen LogP contribution in [0.15, 0.2) is 12.7 Å². The Labute approximate surface area is 105 Å². The van der Waals surface area contributed by atoms with E-state index >= 15 is 0 Å². The molecule has 1 saturated carbocycles. The van der Waals surface area contributed by atoms with Gasteiger partial charge in [0.15, 0.2) is 0 Å². The van der Waals surface area contributed by atoms with Crippen LogP contribution in [0.2, 0.25) is 0 Å². The Morgan fingerprint density at radius 3 is 2.18 bits per heavy atom. The first-order valence-corrected chi connectivity index (χ1v) is 6.67. The number of hydrogen-bond acceptors (Lipinski definition) is 2. The van der Waals surface area contributed by atoms with Gasteiger partial charge >= 0.3 is 0 Å². The van der Waals surface area contributed by atoms with Crippen LogP contribution in [0, 0.1) is 35.5 Å². The van der Waals surface area contributed by atoms with Crippen molar-refractivity contribution in [3.63, 3.8) is 0 Å². The fraction of sp³-hybridized carbons (Fsp3) is 0.800. The van der Waals surface area contributed by atoms with Gasteiger partial charge in [0.1, 0.15) is 5.78 Å². The van der Waals surface area contributed by atoms with E-state index < -0.39 is 6.10 Å². The summed E-state index contributed by atoms with van der Waals surface area (Å²) in [5.74, 6) is 0.967. The molecule has 0 aliphatic heterocycles. The summed E-state index contributed by atoms with van der Waals surface area (Å²) in [5, 5.41) is 10.3. The summed E-state index contributed by atoms with van der Waals surface area (Å²) in [6, 6.07) is 0. The predicted molar refractivity (Wildman–Crippen MR) is 70.5 cm³/mol. The fourth-order valence-electron chi connectivity index (χ4n) is 3.20. The molecule has 2 nitrogen and oxygen atoms in total. The van der Waals surface area contributed by atoms with Crippen LogP contribution in [-0.4, -0.2) is 17.0 Å². The zero-order chi connectivity index (χ0) is 13.3. The molecule has 1 aliphatic carbocycles. The molecule has 6 atom stereocenters. The largest absolute Gasteiger partial charge is 0.392 e. The molecule has 1 aliphatic rings. The molecule has 0 bridgehead atoms. The van der Waals surface area contributed by atoms with Crippen molar-refractivity contribution < 1.29 is 9.90 Å². The van der Waals surface area contributed by atoms with Crippen molar-refractivity contribution in [3.8, 4) is 0 Å². The second-order valence-electron chi connectivity index (χ2n) is 5.98. The first-order valence-electron chi connectivity index (χ1n) is 6.67. The molecule has 0 aromatic carbocycles. The third kappa shape index (κ3) is 2.47. The van der Waals surface area contributed by atoms with Crippen LogP contribution >= 0.6 is 0 Å². The molecule has 1 rings (SSSR count). The monoisotopic (exact) mass is 238 g/mol. The number of carbonyl (C=O) groups excluding carboxylic acids is 1. The number of rotatable bonds is 3. The highest BCUT2D eigenvalue weighted by atomic mass is 16.3. The number of allylic oxidation sites excluding steroid dienone is 1. The molecular formula is C15H26O2. The van der Waals surface area contributed by atoms with Crippen molar-refractivity contribution in [1.29, 1.82) is 0 Å². The number of aliphatic hydroxyl groups excluding tert-OH is 1. The highest BCUT2D eigenvalue weighted by Crippen LogP contribution is 2.42. The van der Waals surface area contributed by atoms with Crippen LogP contribution in [0.5, 0.6) is 0 Å². The first-order chi connectivity index (χ1) is 7.82. The lowest BCUT2D eigenvalue weighted by Gasteiger charge is -2.44. The van der Waals surface area contributed by atoms with Crippen LogP contribution in [-0.2, 0) is 4.79 Å². The molecule has 2 heteroatoms. The third-order valence-electron chi connectivity index (χ3n) is 4.67. The minimum absolute atomic E-state index is 0.0209. The number of carbonyl (C=O) groups is 1. The Morgan fingerprint density at radius 1 is 1.24 bits per heavy atom. The average molecular weight is 238 g/mol. The van der Waals surface area contributed by atoms with Crippen LogP contribution < -0.4 is 0 Å². The molecule has 1 unspecified atom stereocenters. The third-order valence-corrected chi connectivity index (χ3v) is 4.67. The van der Waals surface area contributed by atoms with E-state index in [1.165, 1.54) is 0 Å². The number of ketones is 1. The van der Waals surface area contributed by atoms with Gasteiger partial charge in [-0.15, -0.1) is 6.58 Å². The Kier molecular flexibility index (Phi) is 4.54. The zero-order valence-corrected chi connectivity index (χ0v) is 11.7. The lowest BCUT2D eigenvalue weighted by Crippen LogP contribution is -2.49. The standard InChI is InChI=1S/C15H26O2/c1-7-12-9(4)10(5)15(17)13(11(12)6)14(16)8(2)3/h7-14,16H,1H2,2-6H3/t9-,10-,11+,12+,13?,14+/m0/s1. The molecule has 0 radical (unpaired) electrons.